The normalized spacial score (nSPS) is 13.5. The van der Waals surface area contributed by atoms with Gasteiger partial charge in [-0.25, -0.2) is 4.98 Å². The molecule has 0 bridgehead atoms. The van der Waals surface area contributed by atoms with Crippen molar-refractivity contribution in [2.75, 3.05) is 17.2 Å². The Hall–Kier alpha value is -3.32. The van der Waals surface area contributed by atoms with E-state index in [1.165, 1.54) is 17.3 Å². The van der Waals surface area contributed by atoms with Gasteiger partial charge in [0.1, 0.15) is 11.0 Å². The van der Waals surface area contributed by atoms with E-state index in [9.17, 15) is 9.59 Å². The minimum atomic E-state index is -0.0806. The molecule has 1 amide bonds. The predicted octanol–water partition coefficient (Wildman–Crippen LogP) is 5.05. The van der Waals surface area contributed by atoms with Gasteiger partial charge in [0.2, 0.25) is 5.91 Å². The first-order valence-corrected chi connectivity index (χ1v) is 12.6. The Morgan fingerprint density at radius 3 is 2.59 bits per heavy atom. The topological polar surface area (TPSA) is 60.1 Å². The lowest BCUT2D eigenvalue weighted by molar-refractivity contribution is -0.116. The molecule has 0 atom stereocenters. The van der Waals surface area contributed by atoms with Crippen molar-refractivity contribution in [3.63, 3.8) is 0 Å². The summed E-state index contributed by atoms with van der Waals surface area (Å²) in [4.78, 5) is 33.6. The first kappa shape index (κ1) is 22.5. The van der Waals surface area contributed by atoms with E-state index in [1.807, 2.05) is 85.1 Å². The molecule has 0 fully saturated rings. The van der Waals surface area contributed by atoms with Crippen molar-refractivity contribution >= 4 is 34.4 Å². The van der Waals surface area contributed by atoms with E-state index in [0.717, 1.165) is 36.2 Å². The molecule has 1 aliphatic heterocycles. The van der Waals surface area contributed by atoms with Crippen molar-refractivity contribution in [1.82, 2.24) is 14.1 Å². The second-order valence-corrected chi connectivity index (χ2v) is 9.89. The highest BCUT2D eigenvalue weighted by atomic mass is 32.2. The summed E-state index contributed by atoms with van der Waals surface area (Å²) < 4.78 is 3.56. The maximum Gasteiger partial charge on any atom is 0.278 e. The van der Waals surface area contributed by atoms with Crippen molar-refractivity contribution in [2.45, 2.75) is 37.9 Å². The fraction of sp³-hybridized carbons (Fsp3) is 0.296. The zero-order valence-corrected chi connectivity index (χ0v) is 20.5. The molecule has 0 unspecified atom stereocenters. The van der Waals surface area contributed by atoms with Crippen LogP contribution in [-0.2, 0) is 18.3 Å². The van der Waals surface area contributed by atoms with Gasteiger partial charge in [-0.2, -0.15) is 0 Å². The predicted molar refractivity (Wildman–Crippen MR) is 139 cm³/mol. The molecule has 0 saturated carbocycles. The van der Waals surface area contributed by atoms with Crippen LogP contribution in [0.5, 0.6) is 0 Å². The number of hydrogen-bond donors (Lipinski definition) is 0. The Morgan fingerprint density at radius 1 is 1.09 bits per heavy atom. The van der Waals surface area contributed by atoms with Gasteiger partial charge < -0.3 is 9.47 Å². The lowest BCUT2D eigenvalue weighted by Gasteiger charge is -2.29. The van der Waals surface area contributed by atoms with Crippen LogP contribution in [0.2, 0.25) is 0 Å². The third-order valence-corrected chi connectivity index (χ3v) is 7.26. The number of rotatable bonds is 5. The molecule has 34 heavy (non-hydrogen) atoms. The van der Waals surface area contributed by atoms with Gasteiger partial charge in [0.25, 0.3) is 5.56 Å². The maximum absolute atomic E-state index is 13.6. The number of fused-ring (bicyclic) bond motifs is 2. The van der Waals surface area contributed by atoms with E-state index in [0.29, 0.717) is 16.2 Å². The van der Waals surface area contributed by atoms with Crippen LogP contribution in [0, 0.1) is 0 Å². The second-order valence-electron chi connectivity index (χ2n) is 8.95. The van der Waals surface area contributed by atoms with E-state index in [-0.39, 0.29) is 23.3 Å². The molecule has 4 aromatic rings. The molecule has 0 radical (unpaired) electrons. The van der Waals surface area contributed by atoms with Crippen LogP contribution in [0.15, 0.2) is 70.7 Å². The fourth-order valence-corrected chi connectivity index (χ4v) is 5.71. The summed E-state index contributed by atoms with van der Waals surface area (Å²) in [6, 6.07) is 18.0. The van der Waals surface area contributed by atoms with E-state index in [1.54, 1.807) is 4.57 Å². The number of para-hydroxylation sites is 1. The molecule has 0 N–H and O–H groups in total. The van der Waals surface area contributed by atoms with Crippen molar-refractivity contribution in [3.05, 3.63) is 76.7 Å². The van der Waals surface area contributed by atoms with Gasteiger partial charge in [0, 0.05) is 37.1 Å². The van der Waals surface area contributed by atoms with Crippen LogP contribution in [-0.4, -0.2) is 32.3 Å². The third kappa shape index (κ3) is 3.94. The standard InChI is InChI=1S/C27H28N4O2S/c1-18(2)31-26(33)25-24(21(16-29(25)3)19-10-5-4-6-11-19)28-27(31)34-17-23(32)30-15-9-13-20-12-7-8-14-22(20)30/h4-8,10-12,14,16,18H,9,13,15,17H2,1-3H3. The minimum absolute atomic E-state index is 0.0400. The van der Waals surface area contributed by atoms with Crippen LogP contribution in [0.25, 0.3) is 22.2 Å². The second kappa shape index (κ2) is 9.14. The number of anilines is 1. The lowest BCUT2D eigenvalue weighted by atomic mass is 10.0. The summed E-state index contributed by atoms with van der Waals surface area (Å²) in [7, 11) is 1.88. The number of carbonyl (C=O) groups is 1. The SMILES string of the molecule is CC(C)n1c(SCC(=O)N2CCCc3ccccc32)nc2c(-c3ccccc3)cn(C)c2c1=O. The molecule has 0 aliphatic carbocycles. The molecule has 174 valence electrons. The largest absolute Gasteiger partial charge is 0.344 e. The molecular formula is C27H28N4O2S. The molecule has 0 spiro atoms. The van der Waals surface area contributed by atoms with Gasteiger partial charge in [0.15, 0.2) is 5.16 Å². The summed E-state index contributed by atoms with van der Waals surface area (Å²) in [6.45, 7) is 4.67. The monoisotopic (exact) mass is 472 g/mol. The van der Waals surface area contributed by atoms with Crippen molar-refractivity contribution < 1.29 is 4.79 Å². The first-order valence-electron chi connectivity index (χ1n) is 11.6. The number of aryl methyl sites for hydroxylation is 2. The summed E-state index contributed by atoms with van der Waals surface area (Å²) >= 11 is 1.35. The molecule has 7 heteroatoms. The zero-order chi connectivity index (χ0) is 23.8. The average molecular weight is 473 g/mol. The zero-order valence-electron chi connectivity index (χ0n) is 19.7. The highest BCUT2D eigenvalue weighted by molar-refractivity contribution is 7.99. The number of hydrogen-bond acceptors (Lipinski definition) is 4. The number of carbonyl (C=O) groups excluding carboxylic acids is 1. The van der Waals surface area contributed by atoms with Crippen molar-refractivity contribution in [3.8, 4) is 11.1 Å². The van der Waals surface area contributed by atoms with Crippen molar-refractivity contribution in [1.29, 1.82) is 0 Å². The Balaban J connectivity index is 1.52. The average Bonchev–Trinajstić information content (AvgIpc) is 3.18. The van der Waals surface area contributed by atoms with Crippen LogP contribution < -0.4 is 10.5 Å². The number of benzene rings is 2. The van der Waals surface area contributed by atoms with E-state index in [2.05, 4.69) is 6.07 Å². The number of nitrogens with zero attached hydrogens (tertiary/aromatic N) is 4. The van der Waals surface area contributed by atoms with Gasteiger partial charge in [-0.15, -0.1) is 0 Å². The smallest absolute Gasteiger partial charge is 0.278 e. The molecule has 0 saturated heterocycles. The van der Waals surface area contributed by atoms with Crippen molar-refractivity contribution in [2.24, 2.45) is 7.05 Å². The summed E-state index contributed by atoms with van der Waals surface area (Å²) in [5.74, 6) is 0.269. The summed E-state index contributed by atoms with van der Waals surface area (Å²) in [5.41, 5.74) is 5.31. The third-order valence-electron chi connectivity index (χ3n) is 6.33. The number of thioether (sulfide) groups is 1. The fourth-order valence-electron chi connectivity index (χ4n) is 4.71. The maximum atomic E-state index is 13.6. The highest BCUT2D eigenvalue weighted by Crippen LogP contribution is 2.31. The molecule has 1 aliphatic rings. The van der Waals surface area contributed by atoms with Gasteiger partial charge in [-0.1, -0.05) is 60.3 Å². The van der Waals surface area contributed by atoms with Crippen LogP contribution in [0.4, 0.5) is 5.69 Å². The van der Waals surface area contributed by atoms with Gasteiger partial charge >= 0.3 is 0 Å². The lowest BCUT2D eigenvalue weighted by Crippen LogP contribution is -2.37. The molecule has 2 aromatic carbocycles. The Labute approximate surface area is 203 Å². The van der Waals surface area contributed by atoms with Crippen LogP contribution >= 0.6 is 11.8 Å². The molecule has 2 aromatic heterocycles. The van der Waals surface area contributed by atoms with Crippen LogP contribution in [0.3, 0.4) is 0 Å². The van der Waals surface area contributed by atoms with Crippen LogP contribution in [0.1, 0.15) is 31.9 Å². The molecule has 6 nitrogen and oxygen atoms in total. The molecule has 3 heterocycles. The number of aromatic nitrogens is 3. The Morgan fingerprint density at radius 2 is 1.82 bits per heavy atom. The van der Waals surface area contributed by atoms with Gasteiger partial charge in [-0.3, -0.25) is 14.2 Å². The van der Waals surface area contributed by atoms with E-state index < -0.39 is 0 Å². The Bertz CT molecular complexity index is 1420. The summed E-state index contributed by atoms with van der Waals surface area (Å²) in [6.07, 6.45) is 3.91. The van der Waals surface area contributed by atoms with E-state index in [4.69, 9.17) is 4.98 Å². The Kier molecular flexibility index (Phi) is 6.04. The van der Waals surface area contributed by atoms with Gasteiger partial charge in [-0.05, 0) is 43.9 Å². The van der Waals surface area contributed by atoms with Gasteiger partial charge in [0.05, 0.1) is 5.75 Å². The number of amides is 1. The molecular weight excluding hydrogens is 444 g/mol. The quantitative estimate of drug-likeness (QED) is 0.301. The minimum Gasteiger partial charge on any atom is -0.344 e. The first-order chi connectivity index (χ1) is 16.5. The highest BCUT2D eigenvalue weighted by Gasteiger charge is 2.24. The molecule has 5 rings (SSSR count). The van der Waals surface area contributed by atoms with E-state index >= 15 is 0 Å². The summed E-state index contributed by atoms with van der Waals surface area (Å²) in [5, 5.41) is 0.578.